The van der Waals surface area contributed by atoms with Crippen molar-refractivity contribution in [2.45, 2.75) is 26.7 Å². The Morgan fingerprint density at radius 2 is 1.94 bits per heavy atom. The van der Waals surface area contributed by atoms with Gasteiger partial charge in [0.1, 0.15) is 17.5 Å². The molecule has 0 unspecified atom stereocenters. The summed E-state index contributed by atoms with van der Waals surface area (Å²) in [6.07, 6.45) is 0. The number of hydrogen-bond acceptors (Lipinski definition) is 6. The molecule has 2 heterocycles. The number of nitrogens with zero attached hydrogens (tertiary/aromatic N) is 3. The maximum absolute atomic E-state index is 5.56. The second kappa shape index (κ2) is 5.75. The van der Waals surface area contributed by atoms with E-state index in [4.69, 9.17) is 10.8 Å². The molecule has 0 spiro atoms. The minimum atomic E-state index is 0.301. The van der Waals surface area contributed by atoms with Gasteiger partial charge in [-0.2, -0.15) is 11.8 Å². The third kappa shape index (κ3) is 2.70. The minimum Gasteiger partial charge on any atom is -0.355 e. The molecule has 1 saturated heterocycles. The van der Waals surface area contributed by atoms with Crippen molar-refractivity contribution in [3.8, 4) is 0 Å². The highest BCUT2D eigenvalue weighted by molar-refractivity contribution is 7.99. The summed E-state index contributed by atoms with van der Waals surface area (Å²) in [6, 6.07) is 0. The highest BCUT2D eigenvalue weighted by Gasteiger charge is 2.19. The van der Waals surface area contributed by atoms with Gasteiger partial charge in [-0.3, -0.25) is 0 Å². The van der Waals surface area contributed by atoms with E-state index in [1.165, 1.54) is 0 Å². The Morgan fingerprint density at radius 1 is 1.28 bits per heavy atom. The lowest BCUT2D eigenvalue weighted by Gasteiger charge is -2.29. The molecule has 1 aliphatic rings. The summed E-state index contributed by atoms with van der Waals surface area (Å²) in [5.41, 5.74) is 3.72. The third-order valence-electron chi connectivity index (χ3n) is 3.10. The maximum atomic E-state index is 5.56. The fourth-order valence-electron chi connectivity index (χ4n) is 2.00. The summed E-state index contributed by atoms with van der Waals surface area (Å²) < 4.78 is 0. The number of aromatic nitrogens is 2. The van der Waals surface area contributed by atoms with Gasteiger partial charge in [-0.15, -0.1) is 0 Å². The number of anilines is 2. The summed E-state index contributed by atoms with van der Waals surface area (Å²) in [5, 5.41) is 0. The second-order valence-corrected chi connectivity index (χ2v) is 6.00. The normalized spacial score (nSPS) is 16.2. The number of nitrogen functional groups attached to an aromatic ring is 1. The Bertz CT molecular complexity index is 415. The van der Waals surface area contributed by atoms with Crippen LogP contribution in [-0.2, 0) is 0 Å². The van der Waals surface area contributed by atoms with Crippen LogP contribution in [0.25, 0.3) is 0 Å². The lowest BCUT2D eigenvalue weighted by molar-refractivity contribution is 0.751. The third-order valence-corrected chi connectivity index (χ3v) is 4.04. The zero-order valence-corrected chi connectivity index (χ0v) is 12.0. The predicted molar refractivity (Wildman–Crippen MR) is 78.2 cm³/mol. The summed E-state index contributed by atoms with van der Waals surface area (Å²) in [7, 11) is 0. The molecule has 1 fully saturated rings. The first-order chi connectivity index (χ1) is 8.63. The first-order valence-corrected chi connectivity index (χ1v) is 7.46. The number of hydrogen-bond donors (Lipinski definition) is 2. The number of thioether (sulfide) groups is 1. The first kappa shape index (κ1) is 13.4. The molecule has 3 N–H and O–H groups in total. The lowest BCUT2D eigenvalue weighted by Crippen LogP contribution is -2.34. The standard InChI is InChI=1S/C12H21N5S/c1-8(2)10-14-11(16-13)9(3)12(15-10)17-4-6-18-7-5-17/h8H,4-7,13H2,1-3H3,(H,14,15,16). The van der Waals surface area contributed by atoms with Gasteiger partial charge in [0.2, 0.25) is 0 Å². The molecule has 6 heteroatoms. The summed E-state index contributed by atoms with van der Waals surface area (Å²) in [4.78, 5) is 11.5. The van der Waals surface area contributed by atoms with Gasteiger partial charge in [0.05, 0.1) is 0 Å². The number of nitrogens with two attached hydrogens (primary N) is 1. The van der Waals surface area contributed by atoms with E-state index in [2.05, 4.69) is 29.2 Å². The van der Waals surface area contributed by atoms with E-state index in [1.807, 2.05) is 18.7 Å². The van der Waals surface area contributed by atoms with Crippen molar-refractivity contribution in [2.24, 2.45) is 5.84 Å². The smallest absolute Gasteiger partial charge is 0.148 e. The molecule has 0 aromatic carbocycles. The largest absolute Gasteiger partial charge is 0.355 e. The van der Waals surface area contributed by atoms with E-state index in [1.54, 1.807) is 0 Å². The van der Waals surface area contributed by atoms with Crippen molar-refractivity contribution in [1.29, 1.82) is 0 Å². The molecule has 1 aliphatic heterocycles. The molecule has 0 aliphatic carbocycles. The minimum absolute atomic E-state index is 0.301. The van der Waals surface area contributed by atoms with E-state index >= 15 is 0 Å². The highest BCUT2D eigenvalue weighted by atomic mass is 32.2. The molecule has 0 atom stereocenters. The summed E-state index contributed by atoms with van der Waals surface area (Å²) in [6.45, 7) is 8.31. The van der Waals surface area contributed by atoms with Gasteiger partial charge >= 0.3 is 0 Å². The molecule has 2 rings (SSSR count). The fraction of sp³-hybridized carbons (Fsp3) is 0.667. The van der Waals surface area contributed by atoms with Crippen LogP contribution in [0.1, 0.15) is 31.2 Å². The van der Waals surface area contributed by atoms with Crippen LogP contribution in [0.5, 0.6) is 0 Å². The van der Waals surface area contributed by atoms with Gasteiger partial charge in [-0.1, -0.05) is 13.8 Å². The molecule has 0 saturated carbocycles. The monoisotopic (exact) mass is 267 g/mol. The maximum Gasteiger partial charge on any atom is 0.148 e. The summed E-state index contributed by atoms with van der Waals surface area (Å²) in [5.74, 6) is 10.8. The number of hydrazine groups is 1. The molecule has 0 radical (unpaired) electrons. The van der Waals surface area contributed by atoms with Crippen LogP contribution < -0.4 is 16.2 Å². The Morgan fingerprint density at radius 3 is 2.50 bits per heavy atom. The molecule has 5 nitrogen and oxygen atoms in total. The van der Waals surface area contributed by atoms with Crippen molar-refractivity contribution >= 4 is 23.4 Å². The zero-order chi connectivity index (χ0) is 13.1. The fourth-order valence-corrected chi connectivity index (χ4v) is 2.91. The molecule has 0 amide bonds. The zero-order valence-electron chi connectivity index (χ0n) is 11.2. The van der Waals surface area contributed by atoms with E-state index in [0.717, 1.165) is 47.6 Å². The van der Waals surface area contributed by atoms with Crippen LogP contribution in [0.4, 0.5) is 11.6 Å². The highest BCUT2D eigenvalue weighted by Crippen LogP contribution is 2.27. The average Bonchev–Trinajstić information content (AvgIpc) is 2.39. The number of nitrogens with one attached hydrogen (secondary N) is 1. The predicted octanol–water partition coefficient (Wildman–Crippen LogP) is 1.75. The van der Waals surface area contributed by atoms with Gasteiger partial charge in [0.15, 0.2) is 0 Å². The summed E-state index contributed by atoms with van der Waals surface area (Å²) >= 11 is 1.99. The van der Waals surface area contributed by atoms with Crippen molar-refractivity contribution in [3.63, 3.8) is 0 Å². The Kier molecular flexibility index (Phi) is 4.29. The SMILES string of the molecule is Cc1c(NN)nc(C(C)C)nc1N1CCSCC1. The Labute approximate surface area is 113 Å². The average molecular weight is 267 g/mol. The molecule has 1 aromatic rings. The van der Waals surface area contributed by atoms with Gasteiger partial charge in [0, 0.05) is 36.1 Å². The Balaban J connectivity index is 2.40. The van der Waals surface area contributed by atoms with E-state index < -0.39 is 0 Å². The van der Waals surface area contributed by atoms with Crippen molar-refractivity contribution in [1.82, 2.24) is 9.97 Å². The van der Waals surface area contributed by atoms with Gasteiger partial charge in [0.25, 0.3) is 0 Å². The van der Waals surface area contributed by atoms with Gasteiger partial charge in [-0.25, -0.2) is 15.8 Å². The Hall–Kier alpha value is -1.01. The van der Waals surface area contributed by atoms with E-state index in [9.17, 15) is 0 Å². The van der Waals surface area contributed by atoms with Gasteiger partial charge < -0.3 is 10.3 Å². The van der Waals surface area contributed by atoms with Crippen LogP contribution in [0.2, 0.25) is 0 Å². The molecule has 18 heavy (non-hydrogen) atoms. The second-order valence-electron chi connectivity index (χ2n) is 4.78. The quantitative estimate of drug-likeness (QED) is 0.642. The van der Waals surface area contributed by atoms with Crippen molar-refractivity contribution < 1.29 is 0 Å². The van der Waals surface area contributed by atoms with Crippen LogP contribution in [0.3, 0.4) is 0 Å². The number of rotatable bonds is 3. The van der Waals surface area contributed by atoms with E-state index in [-0.39, 0.29) is 0 Å². The van der Waals surface area contributed by atoms with Crippen LogP contribution >= 0.6 is 11.8 Å². The topological polar surface area (TPSA) is 67.1 Å². The molecule has 100 valence electrons. The molecular weight excluding hydrogens is 246 g/mol. The molecular formula is C12H21N5S. The van der Waals surface area contributed by atoms with Crippen LogP contribution in [-0.4, -0.2) is 34.6 Å². The lowest BCUT2D eigenvalue weighted by atomic mass is 10.2. The molecule has 1 aromatic heterocycles. The van der Waals surface area contributed by atoms with E-state index in [0.29, 0.717) is 5.92 Å². The first-order valence-electron chi connectivity index (χ1n) is 6.31. The van der Waals surface area contributed by atoms with Crippen LogP contribution in [0, 0.1) is 6.92 Å². The van der Waals surface area contributed by atoms with Gasteiger partial charge in [-0.05, 0) is 6.92 Å². The molecule has 0 bridgehead atoms. The van der Waals surface area contributed by atoms with Crippen molar-refractivity contribution in [2.75, 3.05) is 34.9 Å². The van der Waals surface area contributed by atoms with Crippen LogP contribution in [0.15, 0.2) is 0 Å². The van der Waals surface area contributed by atoms with Crippen molar-refractivity contribution in [3.05, 3.63) is 11.4 Å².